The van der Waals surface area contributed by atoms with Gasteiger partial charge in [-0.25, -0.2) is 4.79 Å². The van der Waals surface area contributed by atoms with Crippen LogP contribution in [0.3, 0.4) is 0 Å². The first-order valence-corrected chi connectivity index (χ1v) is 17.5. The van der Waals surface area contributed by atoms with E-state index in [0.717, 1.165) is 30.4 Å². The largest absolute Gasteiger partial charge is 0.490 e. The summed E-state index contributed by atoms with van der Waals surface area (Å²) in [4.78, 5) is 17.1. The smallest absolute Gasteiger partial charge is 0.343 e. The van der Waals surface area contributed by atoms with Gasteiger partial charge in [-0.05, 0) is 66.4 Å². The fraction of sp³-hybridized carbons (Fsp3) is 0.500. The Kier molecular flexibility index (Phi) is 18.2. The monoisotopic (exact) mass is 613 g/mol. The van der Waals surface area contributed by atoms with Crippen molar-refractivity contribution < 1.29 is 19.0 Å². The van der Waals surface area contributed by atoms with Gasteiger partial charge in [0, 0.05) is 12.4 Å². The Bertz CT molecular complexity index is 1220. The van der Waals surface area contributed by atoms with Crippen molar-refractivity contribution in [3.63, 3.8) is 0 Å². The second kappa shape index (κ2) is 22.8. The van der Waals surface area contributed by atoms with Crippen LogP contribution in [0.1, 0.15) is 138 Å². The predicted molar refractivity (Wildman–Crippen MR) is 187 cm³/mol. The quantitative estimate of drug-likeness (QED) is 0.0571. The molecule has 0 saturated carbocycles. The third kappa shape index (κ3) is 15.3. The van der Waals surface area contributed by atoms with Gasteiger partial charge in [0.2, 0.25) is 0 Å². The maximum Gasteiger partial charge on any atom is 0.343 e. The van der Waals surface area contributed by atoms with Crippen molar-refractivity contribution >= 4 is 18.1 Å². The molecule has 3 aromatic rings. The van der Waals surface area contributed by atoms with Gasteiger partial charge in [-0.1, -0.05) is 128 Å². The summed E-state index contributed by atoms with van der Waals surface area (Å²) >= 11 is 0. The van der Waals surface area contributed by atoms with E-state index >= 15 is 0 Å². The van der Waals surface area contributed by atoms with Crippen molar-refractivity contribution in [2.45, 2.75) is 117 Å². The lowest BCUT2D eigenvalue weighted by Gasteiger charge is -2.14. The van der Waals surface area contributed by atoms with Crippen LogP contribution in [0.4, 0.5) is 0 Å². The van der Waals surface area contributed by atoms with Crippen LogP contribution in [0.5, 0.6) is 17.2 Å². The topological polar surface area (TPSA) is 57.7 Å². The van der Waals surface area contributed by atoms with Crippen LogP contribution in [-0.4, -0.2) is 24.2 Å². The van der Waals surface area contributed by atoms with Crippen LogP contribution in [0.2, 0.25) is 0 Å². The molecule has 3 rings (SSSR count). The number of carbonyl (C=O) groups is 1. The SMILES string of the molecule is CCCCCCCCCCOc1ccc(C(=O)Oc2ccc(/C=C/c3ccncc3)cc2)cc1OCCCCCCCCCC. The van der Waals surface area contributed by atoms with E-state index in [1.165, 1.54) is 83.5 Å². The summed E-state index contributed by atoms with van der Waals surface area (Å²) in [7, 11) is 0. The van der Waals surface area contributed by atoms with Gasteiger partial charge in [0.15, 0.2) is 11.5 Å². The molecule has 5 heteroatoms. The van der Waals surface area contributed by atoms with E-state index in [2.05, 4.69) is 18.8 Å². The van der Waals surface area contributed by atoms with Gasteiger partial charge in [-0.3, -0.25) is 4.98 Å². The second-order valence-corrected chi connectivity index (χ2v) is 11.9. The van der Waals surface area contributed by atoms with E-state index in [1.54, 1.807) is 24.5 Å². The summed E-state index contributed by atoms with van der Waals surface area (Å²) in [5, 5.41) is 0. The fourth-order valence-corrected chi connectivity index (χ4v) is 5.18. The Balaban J connectivity index is 1.52. The minimum absolute atomic E-state index is 0.415. The number of nitrogens with zero attached hydrogens (tertiary/aromatic N) is 1. The molecule has 0 aliphatic heterocycles. The highest BCUT2D eigenvalue weighted by atomic mass is 16.5. The van der Waals surface area contributed by atoms with Crippen molar-refractivity contribution in [3.8, 4) is 17.2 Å². The Hall–Kier alpha value is -3.60. The van der Waals surface area contributed by atoms with Crippen molar-refractivity contribution in [2.24, 2.45) is 0 Å². The number of carbonyl (C=O) groups excluding carboxylic acids is 1. The lowest BCUT2D eigenvalue weighted by Crippen LogP contribution is -2.10. The molecular weight excluding hydrogens is 558 g/mol. The molecule has 0 radical (unpaired) electrons. The maximum absolute atomic E-state index is 13.1. The standard InChI is InChI=1S/C40H55NO4/c1-3-5-7-9-11-13-15-17-31-43-38-26-23-36(33-39(38)44-32-18-16-14-12-10-8-6-4-2)40(42)45-37-24-21-34(22-25-37)19-20-35-27-29-41-30-28-35/h19-30,33H,3-18,31-32H2,1-2H3/b20-19+. The predicted octanol–water partition coefficient (Wildman–Crippen LogP) is 11.5. The molecule has 0 N–H and O–H groups in total. The van der Waals surface area contributed by atoms with E-state index in [1.807, 2.05) is 54.6 Å². The Labute approximate surface area is 272 Å². The fourth-order valence-electron chi connectivity index (χ4n) is 5.18. The van der Waals surface area contributed by atoms with Crippen molar-refractivity contribution in [2.75, 3.05) is 13.2 Å². The second-order valence-electron chi connectivity index (χ2n) is 11.9. The van der Waals surface area contributed by atoms with Crippen LogP contribution in [0.15, 0.2) is 67.0 Å². The zero-order valence-corrected chi connectivity index (χ0v) is 27.8. The average molecular weight is 614 g/mol. The maximum atomic E-state index is 13.1. The molecule has 2 aromatic carbocycles. The number of hydrogen-bond donors (Lipinski definition) is 0. The van der Waals surface area contributed by atoms with Gasteiger partial charge in [-0.15, -0.1) is 0 Å². The number of benzene rings is 2. The summed E-state index contributed by atoms with van der Waals surface area (Å²) in [6, 6.07) is 16.8. The van der Waals surface area contributed by atoms with Gasteiger partial charge >= 0.3 is 5.97 Å². The molecule has 1 heterocycles. The lowest BCUT2D eigenvalue weighted by molar-refractivity contribution is 0.0734. The summed E-state index contributed by atoms with van der Waals surface area (Å²) in [5.41, 5.74) is 2.54. The number of hydrogen-bond acceptors (Lipinski definition) is 5. The molecule has 244 valence electrons. The summed E-state index contributed by atoms with van der Waals surface area (Å²) in [5.74, 6) is 1.39. The van der Waals surface area contributed by atoms with Crippen molar-refractivity contribution in [1.29, 1.82) is 0 Å². The Morgan fingerprint density at radius 2 is 1.07 bits per heavy atom. The van der Waals surface area contributed by atoms with E-state index in [9.17, 15) is 4.79 Å². The van der Waals surface area contributed by atoms with Crippen LogP contribution < -0.4 is 14.2 Å². The normalized spacial score (nSPS) is 11.2. The molecule has 0 atom stereocenters. The third-order valence-corrected chi connectivity index (χ3v) is 7.96. The summed E-state index contributed by atoms with van der Waals surface area (Å²) in [6.07, 6.45) is 27.5. The number of ether oxygens (including phenoxy) is 3. The van der Waals surface area contributed by atoms with Crippen LogP contribution >= 0.6 is 0 Å². The Morgan fingerprint density at radius 1 is 0.578 bits per heavy atom. The zero-order valence-electron chi connectivity index (χ0n) is 27.8. The molecule has 5 nitrogen and oxygen atoms in total. The van der Waals surface area contributed by atoms with Crippen LogP contribution in [0.25, 0.3) is 12.2 Å². The average Bonchev–Trinajstić information content (AvgIpc) is 3.07. The van der Waals surface area contributed by atoms with Gasteiger partial charge in [-0.2, -0.15) is 0 Å². The van der Waals surface area contributed by atoms with Crippen molar-refractivity contribution in [3.05, 3.63) is 83.7 Å². The Morgan fingerprint density at radius 3 is 1.62 bits per heavy atom. The molecule has 0 saturated heterocycles. The molecule has 1 aromatic heterocycles. The number of pyridine rings is 1. The first kappa shape index (κ1) is 35.9. The van der Waals surface area contributed by atoms with Crippen LogP contribution in [0, 0.1) is 0 Å². The minimum Gasteiger partial charge on any atom is -0.490 e. The molecular formula is C40H55NO4. The highest BCUT2D eigenvalue weighted by molar-refractivity contribution is 5.92. The van der Waals surface area contributed by atoms with E-state index in [-0.39, 0.29) is 0 Å². The first-order chi connectivity index (χ1) is 22.2. The van der Waals surface area contributed by atoms with E-state index < -0.39 is 5.97 Å². The number of esters is 1. The van der Waals surface area contributed by atoms with Gasteiger partial charge < -0.3 is 14.2 Å². The zero-order chi connectivity index (χ0) is 31.8. The summed E-state index contributed by atoms with van der Waals surface area (Å²) < 4.78 is 18.0. The molecule has 0 fully saturated rings. The molecule has 0 aliphatic carbocycles. The highest BCUT2D eigenvalue weighted by Gasteiger charge is 2.14. The number of aromatic nitrogens is 1. The van der Waals surface area contributed by atoms with Crippen molar-refractivity contribution in [1.82, 2.24) is 4.98 Å². The van der Waals surface area contributed by atoms with Gasteiger partial charge in [0.25, 0.3) is 0 Å². The van der Waals surface area contributed by atoms with Gasteiger partial charge in [0.05, 0.1) is 18.8 Å². The molecule has 0 spiro atoms. The van der Waals surface area contributed by atoms with Crippen LogP contribution in [-0.2, 0) is 0 Å². The number of unbranched alkanes of at least 4 members (excludes halogenated alkanes) is 14. The van der Waals surface area contributed by atoms with E-state index in [4.69, 9.17) is 14.2 Å². The summed E-state index contributed by atoms with van der Waals surface area (Å²) in [6.45, 7) is 5.76. The molecule has 0 unspecified atom stereocenters. The third-order valence-electron chi connectivity index (χ3n) is 7.96. The first-order valence-electron chi connectivity index (χ1n) is 17.5. The molecule has 0 bridgehead atoms. The highest BCUT2D eigenvalue weighted by Crippen LogP contribution is 2.30. The number of rotatable bonds is 24. The van der Waals surface area contributed by atoms with E-state index in [0.29, 0.717) is 36.0 Å². The molecule has 45 heavy (non-hydrogen) atoms. The molecule has 0 aliphatic rings. The minimum atomic E-state index is -0.415. The lowest BCUT2D eigenvalue weighted by atomic mass is 10.1. The van der Waals surface area contributed by atoms with Gasteiger partial charge in [0.1, 0.15) is 5.75 Å². The molecule has 0 amide bonds.